The number of para-hydroxylation sites is 4. The quantitative estimate of drug-likeness (QED) is 0.135. The standard InChI is InChI=1S/C65H57N4O.Pt/c1-63(2,3)48-37-45(38-49(39-48)64(4,5)6)54-29-20-28-53(44-21-11-9-12-22-44)62(54)68-43-67(58-31-17-18-32-59(58)68)50-25-19-26-51(41-50)70-52-33-34-56-55-27-15-16-30-57(55)69(60(56)42-52)61-40-47(35-36-66-61)65(7,8)46-23-13-10-14-24-46;/h9-40,43H,1-8H3;/q-3;/i9D,11D,12D,15D,16D,21D,22D,27D,30D,35D,36D,40D;. The van der Waals surface area contributed by atoms with Crippen molar-refractivity contribution in [3.8, 4) is 39.6 Å². The van der Waals surface area contributed by atoms with E-state index in [0.717, 1.165) is 39.2 Å². The molecule has 0 radical (unpaired) electrons. The average molecular weight is 1120 g/mol. The molecule has 1 aliphatic rings. The van der Waals surface area contributed by atoms with Gasteiger partial charge in [-0.3, -0.25) is 0 Å². The Kier molecular flexibility index (Phi) is 9.13. The van der Waals surface area contributed by atoms with E-state index in [-0.39, 0.29) is 113 Å². The first-order chi connectivity index (χ1) is 38.7. The summed E-state index contributed by atoms with van der Waals surface area (Å²) in [6, 6.07) is 40.7. The number of benzene rings is 8. The van der Waals surface area contributed by atoms with Crippen LogP contribution in [0.5, 0.6) is 11.5 Å². The summed E-state index contributed by atoms with van der Waals surface area (Å²) in [6.07, 6.45) is -0.420. The number of pyridine rings is 1. The van der Waals surface area contributed by atoms with Gasteiger partial charge in [0.25, 0.3) is 0 Å². The van der Waals surface area contributed by atoms with Gasteiger partial charge in [0.15, 0.2) is 0 Å². The summed E-state index contributed by atoms with van der Waals surface area (Å²) < 4.78 is 116. The largest absolute Gasteiger partial charge is 0.509 e. The Balaban J connectivity index is 0.00000769. The molecule has 8 aromatic carbocycles. The summed E-state index contributed by atoms with van der Waals surface area (Å²) in [4.78, 5) is 8.42. The minimum atomic E-state index is -0.964. The van der Waals surface area contributed by atoms with Crippen molar-refractivity contribution >= 4 is 44.6 Å². The Morgan fingerprint density at radius 3 is 1.90 bits per heavy atom. The summed E-state index contributed by atoms with van der Waals surface area (Å²) in [5, 5.41) is 0.523. The molecule has 0 aliphatic carbocycles. The number of aromatic nitrogens is 2. The number of fused-ring (bicyclic) bond motifs is 4. The van der Waals surface area contributed by atoms with Crippen LogP contribution in [0.4, 0.5) is 22.7 Å². The Morgan fingerprint density at radius 1 is 0.549 bits per heavy atom. The second-order valence-corrected chi connectivity index (χ2v) is 20.2. The molecule has 0 spiro atoms. The van der Waals surface area contributed by atoms with Crippen molar-refractivity contribution in [1.29, 1.82) is 0 Å². The summed E-state index contributed by atoms with van der Waals surface area (Å²) in [5.41, 5.74) is 6.75. The molecule has 5 nitrogen and oxygen atoms in total. The Hall–Kier alpha value is -7.20. The third kappa shape index (κ3) is 8.87. The molecule has 356 valence electrons. The van der Waals surface area contributed by atoms with E-state index in [1.807, 2.05) is 109 Å². The Labute approximate surface area is 450 Å². The normalized spacial score (nSPS) is 15.2. The summed E-state index contributed by atoms with van der Waals surface area (Å²) in [7, 11) is 0. The smallest absolute Gasteiger partial charge is 0.135 e. The van der Waals surface area contributed by atoms with Crippen LogP contribution in [-0.2, 0) is 37.3 Å². The predicted molar refractivity (Wildman–Crippen MR) is 291 cm³/mol. The molecule has 11 rings (SSSR count). The van der Waals surface area contributed by atoms with Gasteiger partial charge in [0.1, 0.15) is 5.82 Å². The molecule has 2 aromatic heterocycles. The summed E-state index contributed by atoms with van der Waals surface area (Å²) in [5.74, 6) is 0.306. The van der Waals surface area contributed by atoms with Gasteiger partial charge in [0, 0.05) is 77.9 Å². The van der Waals surface area contributed by atoms with Gasteiger partial charge < -0.3 is 19.1 Å². The second-order valence-electron chi connectivity index (χ2n) is 20.2. The van der Waals surface area contributed by atoms with Crippen LogP contribution in [0.25, 0.3) is 49.9 Å². The zero-order valence-corrected chi connectivity index (χ0v) is 42.9. The van der Waals surface area contributed by atoms with Crippen LogP contribution in [0.2, 0.25) is 0 Å². The Bertz CT molecular complexity index is 4220. The van der Waals surface area contributed by atoms with Crippen LogP contribution in [0.15, 0.2) is 194 Å². The molecule has 0 amide bonds. The molecule has 0 saturated heterocycles. The van der Waals surface area contributed by atoms with Crippen molar-refractivity contribution in [2.75, 3.05) is 9.80 Å². The molecule has 0 atom stereocenters. The number of hydrogen-bond donors (Lipinski definition) is 0. The first kappa shape index (κ1) is 35.0. The maximum atomic E-state index is 9.73. The molecule has 1 aliphatic heterocycles. The molecule has 6 heteroatoms. The van der Waals surface area contributed by atoms with Gasteiger partial charge in [0.2, 0.25) is 0 Å². The molecular weight excluding hydrogens is 1050 g/mol. The first-order valence-electron chi connectivity index (χ1n) is 29.3. The van der Waals surface area contributed by atoms with Crippen LogP contribution in [0.3, 0.4) is 0 Å². The molecule has 3 heterocycles. The number of anilines is 4. The molecule has 71 heavy (non-hydrogen) atoms. The van der Waals surface area contributed by atoms with E-state index in [0.29, 0.717) is 22.3 Å². The van der Waals surface area contributed by atoms with E-state index in [2.05, 4.69) is 76.9 Å². The monoisotopic (exact) mass is 1120 g/mol. The summed E-state index contributed by atoms with van der Waals surface area (Å²) in [6.45, 7) is 18.6. The van der Waals surface area contributed by atoms with Gasteiger partial charge in [-0.05, 0) is 79.9 Å². The SMILES string of the molecule is [2H]c1nc(-n2c3[c-]c(Oc4[c-]c(N5[CH-]N(c6c(-c7cc(C(C)(C)C)cc(C(C)(C)C)c7)cccc6-c6c([2H])c([2H])c([2H])c([2H])c6[2H])c6ccccc65)ccc4)ccc3c3c([2H])c([2H])c([2H])c([2H])c32)c([2H])c(C(C)(C)c2ccccc2)c1[2H].[Pt]. The van der Waals surface area contributed by atoms with Gasteiger partial charge in [-0.25, -0.2) is 4.98 Å². The minimum Gasteiger partial charge on any atom is -0.509 e. The van der Waals surface area contributed by atoms with Gasteiger partial charge in [0.05, 0.1) is 16.4 Å². The van der Waals surface area contributed by atoms with Crippen LogP contribution in [0.1, 0.15) is 94.1 Å². The van der Waals surface area contributed by atoms with Crippen molar-refractivity contribution in [3.63, 3.8) is 0 Å². The van der Waals surface area contributed by atoms with E-state index >= 15 is 0 Å². The fraction of sp³-hybridized carbons (Fsp3) is 0.169. The fourth-order valence-electron chi connectivity index (χ4n) is 9.13. The maximum absolute atomic E-state index is 9.73. The van der Waals surface area contributed by atoms with Crippen LogP contribution < -0.4 is 14.5 Å². The molecule has 10 aromatic rings. The van der Waals surface area contributed by atoms with E-state index in [1.165, 1.54) is 4.57 Å². The van der Waals surface area contributed by atoms with Crippen molar-refractivity contribution in [3.05, 3.63) is 235 Å². The topological polar surface area (TPSA) is 33.5 Å². The average Bonchev–Trinajstić information content (AvgIpc) is 1.92. The predicted octanol–water partition coefficient (Wildman–Crippen LogP) is 17.2. The van der Waals surface area contributed by atoms with Crippen LogP contribution in [-0.4, -0.2) is 9.55 Å². The number of hydrogen-bond acceptors (Lipinski definition) is 4. The number of nitrogens with zero attached hydrogens (tertiary/aromatic N) is 4. The first-order valence-corrected chi connectivity index (χ1v) is 23.3. The van der Waals surface area contributed by atoms with Gasteiger partial charge in [-0.1, -0.05) is 188 Å². The molecular formula is C65H57N4OPt-3. The maximum Gasteiger partial charge on any atom is 0.135 e. The van der Waals surface area contributed by atoms with E-state index in [4.69, 9.17) is 15.7 Å². The molecule has 0 fully saturated rings. The van der Waals surface area contributed by atoms with E-state index < -0.39 is 41.8 Å². The number of ether oxygens (including phenoxy) is 1. The summed E-state index contributed by atoms with van der Waals surface area (Å²) >= 11 is 0. The van der Waals surface area contributed by atoms with Crippen molar-refractivity contribution in [2.24, 2.45) is 0 Å². The molecule has 0 N–H and O–H groups in total. The number of rotatable bonds is 9. The van der Waals surface area contributed by atoms with E-state index in [1.54, 1.807) is 24.3 Å². The van der Waals surface area contributed by atoms with Crippen LogP contribution >= 0.6 is 0 Å². The van der Waals surface area contributed by atoms with Crippen molar-refractivity contribution in [1.82, 2.24) is 9.55 Å². The van der Waals surface area contributed by atoms with E-state index in [9.17, 15) is 5.48 Å². The zero-order chi connectivity index (χ0) is 58.8. The third-order valence-corrected chi connectivity index (χ3v) is 13.1. The third-order valence-electron chi connectivity index (χ3n) is 13.1. The second kappa shape index (κ2) is 18.5. The van der Waals surface area contributed by atoms with Gasteiger partial charge in [-0.2, -0.15) is 12.1 Å². The molecule has 0 unspecified atom stereocenters. The van der Waals surface area contributed by atoms with Crippen molar-refractivity contribution in [2.45, 2.75) is 71.6 Å². The molecule has 0 saturated carbocycles. The van der Waals surface area contributed by atoms with Gasteiger partial charge >= 0.3 is 0 Å². The Morgan fingerprint density at radius 2 is 1.18 bits per heavy atom. The minimum absolute atomic E-state index is 0. The van der Waals surface area contributed by atoms with Crippen LogP contribution in [0, 0.1) is 18.8 Å². The molecule has 0 bridgehead atoms. The van der Waals surface area contributed by atoms with Gasteiger partial charge in [-0.15, -0.1) is 48.1 Å². The zero-order valence-electron chi connectivity index (χ0n) is 52.6. The fourth-order valence-corrected chi connectivity index (χ4v) is 9.13. The van der Waals surface area contributed by atoms with Crippen molar-refractivity contribution < 1.29 is 42.3 Å².